The Morgan fingerprint density at radius 2 is 1.64 bits per heavy atom. The molecule has 0 radical (unpaired) electrons. The van der Waals surface area contributed by atoms with E-state index in [9.17, 15) is 4.79 Å². The zero-order chi connectivity index (χ0) is 17.6. The van der Waals surface area contributed by atoms with Crippen molar-refractivity contribution >= 4 is 29.0 Å². The van der Waals surface area contributed by atoms with Crippen LogP contribution in [0.25, 0.3) is 0 Å². The van der Waals surface area contributed by atoms with Crippen LogP contribution in [-0.2, 0) is 6.42 Å². The topological polar surface area (TPSA) is 87.1 Å². The molecular formula is C19H18N4O2. The second-order valence-electron chi connectivity index (χ2n) is 5.47. The monoisotopic (exact) mass is 334 g/mol. The van der Waals surface area contributed by atoms with Crippen molar-refractivity contribution in [1.29, 1.82) is 0 Å². The highest BCUT2D eigenvalue weighted by Crippen LogP contribution is 2.20. The third kappa shape index (κ3) is 4.32. The molecule has 6 heteroatoms. The molecule has 0 fully saturated rings. The predicted molar refractivity (Wildman–Crippen MR) is 97.8 cm³/mol. The van der Waals surface area contributed by atoms with Crippen LogP contribution in [0.3, 0.4) is 0 Å². The van der Waals surface area contributed by atoms with Crippen molar-refractivity contribution in [2.45, 2.75) is 13.3 Å². The first-order valence-corrected chi connectivity index (χ1v) is 7.92. The summed E-state index contributed by atoms with van der Waals surface area (Å²) in [5, 5.41) is 15.4. The van der Waals surface area contributed by atoms with Gasteiger partial charge in [0.05, 0.1) is 5.56 Å². The van der Waals surface area contributed by atoms with Crippen molar-refractivity contribution in [3.63, 3.8) is 0 Å². The molecule has 3 rings (SSSR count). The number of nitrogens with one attached hydrogen (secondary N) is 2. The normalized spacial score (nSPS) is 10.3. The van der Waals surface area contributed by atoms with E-state index in [1.807, 2.05) is 12.1 Å². The number of aromatic nitrogens is 2. The third-order valence-corrected chi connectivity index (χ3v) is 3.68. The Bertz CT molecular complexity index is 879. The minimum absolute atomic E-state index is 0.216. The third-order valence-electron chi connectivity index (χ3n) is 3.68. The van der Waals surface area contributed by atoms with Crippen molar-refractivity contribution in [3.05, 3.63) is 72.1 Å². The summed E-state index contributed by atoms with van der Waals surface area (Å²) in [5.41, 5.74) is 3.08. The molecule has 0 spiro atoms. The van der Waals surface area contributed by atoms with E-state index < -0.39 is 5.97 Å². The van der Waals surface area contributed by atoms with E-state index in [0.29, 0.717) is 17.3 Å². The number of aryl methyl sites for hydroxylation is 1. The molecule has 0 aliphatic heterocycles. The summed E-state index contributed by atoms with van der Waals surface area (Å²) < 4.78 is 0. The van der Waals surface area contributed by atoms with E-state index >= 15 is 0 Å². The van der Waals surface area contributed by atoms with Crippen LogP contribution in [-0.4, -0.2) is 21.0 Å². The van der Waals surface area contributed by atoms with Gasteiger partial charge in [0.15, 0.2) is 0 Å². The van der Waals surface area contributed by atoms with Crippen LogP contribution in [0.2, 0.25) is 0 Å². The summed E-state index contributed by atoms with van der Waals surface area (Å²) >= 11 is 0. The van der Waals surface area contributed by atoms with Gasteiger partial charge in [-0.3, -0.25) is 0 Å². The van der Waals surface area contributed by atoms with Crippen LogP contribution in [0.4, 0.5) is 23.0 Å². The lowest BCUT2D eigenvalue weighted by Gasteiger charge is -2.09. The first-order chi connectivity index (χ1) is 12.1. The molecule has 3 aromatic rings. The standard InChI is InChI=1S/C19H18N4O2/c1-2-13-6-8-15(9-7-13)22-17-11-18(21-12-20-17)23-16-5-3-4-14(10-16)19(24)25/h3-12H,2H2,1H3,(H,24,25)(H2,20,21,22,23). The number of rotatable bonds is 6. The molecule has 126 valence electrons. The molecule has 2 aromatic carbocycles. The fourth-order valence-corrected chi connectivity index (χ4v) is 2.34. The maximum atomic E-state index is 11.0. The van der Waals surface area contributed by atoms with Crippen molar-refractivity contribution in [2.24, 2.45) is 0 Å². The van der Waals surface area contributed by atoms with E-state index in [2.05, 4.69) is 39.7 Å². The average Bonchev–Trinajstić information content (AvgIpc) is 2.63. The van der Waals surface area contributed by atoms with Gasteiger partial charge in [-0.05, 0) is 42.3 Å². The lowest BCUT2D eigenvalue weighted by molar-refractivity contribution is 0.0697. The molecule has 0 aliphatic carbocycles. The molecule has 6 nitrogen and oxygen atoms in total. The number of benzene rings is 2. The number of hydrogen-bond acceptors (Lipinski definition) is 5. The molecule has 0 saturated carbocycles. The van der Waals surface area contributed by atoms with Crippen molar-refractivity contribution in [3.8, 4) is 0 Å². The first kappa shape index (κ1) is 16.4. The summed E-state index contributed by atoms with van der Waals surface area (Å²) in [6, 6.07) is 16.5. The Morgan fingerprint density at radius 3 is 2.28 bits per heavy atom. The van der Waals surface area contributed by atoms with Gasteiger partial charge in [0.25, 0.3) is 0 Å². The maximum absolute atomic E-state index is 11.0. The Hall–Kier alpha value is -3.41. The first-order valence-electron chi connectivity index (χ1n) is 7.92. The lowest BCUT2D eigenvalue weighted by Crippen LogP contribution is -2.00. The molecule has 3 N–H and O–H groups in total. The van der Waals surface area contributed by atoms with Crippen LogP contribution in [0.15, 0.2) is 60.9 Å². The van der Waals surface area contributed by atoms with Gasteiger partial charge in [-0.25, -0.2) is 14.8 Å². The van der Waals surface area contributed by atoms with E-state index in [1.165, 1.54) is 11.9 Å². The Balaban J connectivity index is 1.74. The Kier molecular flexibility index (Phi) is 4.89. The molecule has 25 heavy (non-hydrogen) atoms. The molecule has 0 atom stereocenters. The number of carbonyl (C=O) groups is 1. The van der Waals surface area contributed by atoms with E-state index in [-0.39, 0.29) is 5.56 Å². The number of hydrogen-bond donors (Lipinski definition) is 3. The SMILES string of the molecule is CCc1ccc(Nc2cc(Nc3cccc(C(=O)O)c3)ncn2)cc1. The van der Waals surface area contributed by atoms with Crippen LogP contribution >= 0.6 is 0 Å². The highest BCUT2D eigenvalue weighted by atomic mass is 16.4. The van der Waals surface area contributed by atoms with Crippen LogP contribution in [0, 0.1) is 0 Å². The predicted octanol–water partition coefficient (Wildman–Crippen LogP) is 4.22. The van der Waals surface area contributed by atoms with Crippen LogP contribution in [0.5, 0.6) is 0 Å². The Morgan fingerprint density at radius 1 is 0.960 bits per heavy atom. The molecule has 0 amide bonds. The fraction of sp³-hybridized carbons (Fsp3) is 0.105. The fourth-order valence-electron chi connectivity index (χ4n) is 2.34. The number of aromatic carboxylic acids is 1. The molecule has 1 aromatic heterocycles. The zero-order valence-corrected chi connectivity index (χ0v) is 13.7. The molecule has 0 aliphatic rings. The van der Waals surface area contributed by atoms with Gasteiger partial charge in [0.1, 0.15) is 18.0 Å². The van der Waals surface area contributed by atoms with Gasteiger partial charge < -0.3 is 15.7 Å². The lowest BCUT2D eigenvalue weighted by atomic mass is 10.1. The van der Waals surface area contributed by atoms with Crippen molar-refractivity contribution in [2.75, 3.05) is 10.6 Å². The number of carboxylic acids is 1. The molecular weight excluding hydrogens is 316 g/mol. The summed E-state index contributed by atoms with van der Waals surface area (Å²) in [5.74, 6) is 0.255. The highest BCUT2D eigenvalue weighted by molar-refractivity contribution is 5.89. The summed E-state index contributed by atoms with van der Waals surface area (Å²) in [7, 11) is 0. The minimum atomic E-state index is -0.968. The van der Waals surface area contributed by atoms with E-state index in [0.717, 1.165) is 12.1 Å². The van der Waals surface area contributed by atoms with Crippen LogP contribution in [0.1, 0.15) is 22.8 Å². The Labute approximate surface area is 145 Å². The molecule has 1 heterocycles. The van der Waals surface area contributed by atoms with E-state index in [1.54, 1.807) is 30.3 Å². The number of carboxylic acid groups (broad SMARTS) is 1. The summed E-state index contributed by atoms with van der Waals surface area (Å²) in [4.78, 5) is 19.4. The average molecular weight is 334 g/mol. The van der Waals surface area contributed by atoms with Gasteiger partial charge in [-0.15, -0.1) is 0 Å². The number of anilines is 4. The molecule has 0 unspecified atom stereocenters. The molecule has 0 bridgehead atoms. The van der Waals surface area contributed by atoms with Gasteiger partial charge in [0.2, 0.25) is 0 Å². The van der Waals surface area contributed by atoms with Crippen molar-refractivity contribution < 1.29 is 9.90 Å². The van der Waals surface area contributed by atoms with Gasteiger partial charge in [-0.2, -0.15) is 0 Å². The highest BCUT2D eigenvalue weighted by Gasteiger charge is 2.05. The largest absolute Gasteiger partial charge is 0.478 e. The van der Waals surface area contributed by atoms with Crippen LogP contribution < -0.4 is 10.6 Å². The maximum Gasteiger partial charge on any atom is 0.335 e. The number of nitrogens with zero attached hydrogens (tertiary/aromatic N) is 2. The van der Waals surface area contributed by atoms with E-state index in [4.69, 9.17) is 5.11 Å². The van der Waals surface area contributed by atoms with Gasteiger partial charge in [-0.1, -0.05) is 25.1 Å². The zero-order valence-electron chi connectivity index (χ0n) is 13.7. The van der Waals surface area contributed by atoms with Gasteiger partial charge >= 0.3 is 5.97 Å². The van der Waals surface area contributed by atoms with Crippen molar-refractivity contribution in [1.82, 2.24) is 9.97 Å². The second-order valence-corrected chi connectivity index (χ2v) is 5.47. The molecule has 0 saturated heterocycles. The second kappa shape index (κ2) is 7.44. The van der Waals surface area contributed by atoms with Gasteiger partial charge in [0, 0.05) is 17.4 Å². The quantitative estimate of drug-likeness (QED) is 0.625. The summed E-state index contributed by atoms with van der Waals surface area (Å²) in [6.07, 6.45) is 2.45. The minimum Gasteiger partial charge on any atom is -0.478 e. The smallest absolute Gasteiger partial charge is 0.335 e. The summed E-state index contributed by atoms with van der Waals surface area (Å²) in [6.45, 7) is 2.12.